The zero-order valence-electron chi connectivity index (χ0n) is 30.0. The Kier molecular flexibility index (Phi) is 13.1. The highest BCUT2D eigenvalue weighted by molar-refractivity contribution is 6.31. The molecule has 3 heterocycles. The third-order valence-electron chi connectivity index (χ3n) is 9.16. The summed E-state index contributed by atoms with van der Waals surface area (Å²) in [4.78, 5) is 39.8. The van der Waals surface area contributed by atoms with Crippen LogP contribution in [0.2, 0.25) is 10.0 Å². The zero-order chi connectivity index (χ0) is 37.2. The number of fused-ring (bicyclic) bond motifs is 1. The van der Waals surface area contributed by atoms with Crippen molar-refractivity contribution in [3.8, 4) is 0 Å². The lowest BCUT2D eigenvalue weighted by Crippen LogP contribution is -2.46. The maximum absolute atomic E-state index is 14.5. The van der Waals surface area contributed by atoms with Crippen molar-refractivity contribution in [2.24, 2.45) is 0 Å². The van der Waals surface area contributed by atoms with Gasteiger partial charge in [0.2, 0.25) is 6.41 Å². The number of pyridine rings is 1. The Morgan fingerprint density at radius 3 is 2.31 bits per heavy atom. The monoisotopic (exact) mass is 737 g/mol. The minimum absolute atomic E-state index is 0.170. The average Bonchev–Trinajstić information content (AvgIpc) is 3.55. The maximum atomic E-state index is 14.5. The number of aromatic amines is 1. The molecule has 11 heteroatoms. The van der Waals surface area contributed by atoms with Gasteiger partial charge in [0.1, 0.15) is 5.69 Å². The molecule has 1 atom stereocenters. The second-order valence-electron chi connectivity index (χ2n) is 12.4. The molecule has 270 valence electrons. The molecule has 6 rings (SSSR count). The molecule has 2 aromatic heterocycles. The number of amides is 2. The van der Waals surface area contributed by atoms with Crippen molar-refractivity contribution < 1.29 is 9.59 Å². The number of carbonyl (C=O) groups excluding carboxylic acids is 2. The van der Waals surface area contributed by atoms with Gasteiger partial charge in [0, 0.05) is 58.9 Å². The fourth-order valence-electron chi connectivity index (χ4n) is 6.24. The van der Waals surface area contributed by atoms with Crippen molar-refractivity contribution in [1.82, 2.24) is 25.1 Å². The number of anilines is 2. The first-order valence-corrected chi connectivity index (χ1v) is 18.1. The molecular weight excluding hydrogens is 693 g/mol. The second-order valence-corrected chi connectivity index (χ2v) is 13.3. The lowest BCUT2D eigenvalue weighted by atomic mass is 9.95. The lowest BCUT2D eigenvalue weighted by Gasteiger charge is -2.34. The van der Waals surface area contributed by atoms with Crippen LogP contribution in [0.4, 0.5) is 11.5 Å². The van der Waals surface area contributed by atoms with E-state index < -0.39 is 0 Å². The number of hydrogen-bond acceptors (Lipinski definition) is 6. The van der Waals surface area contributed by atoms with Crippen molar-refractivity contribution >= 4 is 69.2 Å². The number of benzene rings is 3. The van der Waals surface area contributed by atoms with Gasteiger partial charge in [-0.15, -0.1) is 0 Å². The predicted molar refractivity (Wildman–Crippen MR) is 216 cm³/mol. The first kappa shape index (κ1) is 38.1. The van der Waals surface area contributed by atoms with Gasteiger partial charge in [-0.25, -0.2) is 4.98 Å². The SMILES string of the molecule is C=CN(/C(=C(\C)c1ccccc1)c1c(C(=O)Nc2cccnc2N2CCN(C=O)CC2)[nH]c2cc(Cl)ccc12)C(C)c1ccc(Cl)cc1.CCNC. The van der Waals surface area contributed by atoms with Gasteiger partial charge in [-0.05, 0) is 86.7 Å². The number of H-pyrrole nitrogens is 1. The summed E-state index contributed by atoms with van der Waals surface area (Å²) >= 11 is 12.7. The third-order valence-corrected chi connectivity index (χ3v) is 9.65. The van der Waals surface area contributed by atoms with Crippen LogP contribution in [-0.4, -0.2) is 71.9 Å². The molecule has 52 heavy (non-hydrogen) atoms. The first-order valence-electron chi connectivity index (χ1n) is 17.3. The van der Waals surface area contributed by atoms with Crippen LogP contribution in [0.25, 0.3) is 22.2 Å². The van der Waals surface area contributed by atoms with Crippen LogP contribution in [0.1, 0.15) is 54.0 Å². The number of aromatic nitrogens is 2. The van der Waals surface area contributed by atoms with Crippen LogP contribution in [-0.2, 0) is 4.79 Å². The van der Waals surface area contributed by atoms with Crippen LogP contribution in [0, 0.1) is 0 Å². The molecule has 2 amide bonds. The van der Waals surface area contributed by atoms with Gasteiger partial charge in [-0.2, -0.15) is 0 Å². The van der Waals surface area contributed by atoms with Crippen molar-refractivity contribution in [2.45, 2.75) is 26.8 Å². The number of halogens is 2. The molecule has 5 aromatic rings. The zero-order valence-corrected chi connectivity index (χ0v) is 31.5. The van der Waals surface area contributed by atoms with Crippen molar-refractivity contribution in [2.75, 3.05) is 50.0 Å². The molecular formula is C41H45Cl2N7O2. The van der Waals surface area contributed by atoms with Crippen LogP contribution >= 0.6 is 23.2 Å². The normalized spacial score (nSPS) is 13.8. The lowest BCUT2D eigenvalue weighted by molar-refractivity contribution is -0.118. The Balaban J connectivity index is 0.00000124. The number of piperazine rings is 1. The molecule has 0 aliphatic carbocycles. The maximum Gasteiger partial charge on any atom is 0.272 e. The van der Waals surface area contributed by atoms with Crippen LogP contribution in [0.15, 0.2) is 104 Å². The summed E-state index contributed by atoms with van der Waals surface area (Å²) in [5, 5.41) is 8.12. The Morgan fingerprint density at radius 1 is 1.00 bits per heavy atom. The Bertz CT molecular complexity index is 2020. The molecule has 3 N–H and O–H groups in total. The third kappa shape index (κ3) is 8.67. The minimum atomic E-state index is -0.334. The molecule has 1 aliphatic rings. The highest BCUT2D eigenvalue weighted by Crippen LogP contribution is 2.41. The smallest absolute Gasteiger partial charge is 0.272 e. The Morgan fingerprint density at radius 2 is 1.67 bits per heavy atom. The molecule has 1 fully saturated rings. The molecule has 0 radical (unpaired) electrons. The van der Waals surface area contributed by atoms with E-state index in [0.29, 0.717) is 59.0 Å². The highest BCUT2D eigenvalue weighted by Gasteiger charge is 2.29. The summed E-state index contributed by atoms with van der Waals surface area (Å²) < 4.78 is 0. The van der Waals surface area contributed by atoms with E-state index in [2.05, 4.69) is 69.9 Å². The van der Waals surface area contributed by atoms with Crippen molar-refractivity contribution in [3.63, 3.8) is 0 Å². The Labute approximate surface area is 315 Å². The summed E-state index contributed by atoms with van der Waals surface area (Å²) in [7, 11) is 1.93. The van der Waals surface area contributed by atoms with Crippen molar-refractivity contribution in [1.29, 1.82) is 0 Å². The molecule has 3 aromatic carbocycles. The summed E-state index contributed by atoms with van der Waals surface area (Å²) in [6.45, 7) is 13.9. The molecule has 1 saturated heterocycles. The topological polar surface area (TPSA) is 96.6 Å². The number of carbonyl (C=O) groups is 2. The van der Waals surface area contributed by atoms with E-state index in [0.717, 1.165) is 46.3 Å². The number of allylic oxidation sites excluding steroid dienone is 1. The standard InChI is InChI=1S/C38H36Cl2N6O2.C3H9N/c1-4-46(26(3)28-12-14-29(39)15-13-28)36(25(2)27-9-6-5-7-10-27)34-31-17-16-30(40)23-33(31)42-35(34)38(48)43-32-11-8-18-41-37(32)45-21-19-44(24-47)20-22-45;1-3-4-2/h4-18,23-24,26,42H,1,19-22H2,2-3H3,(H,43,48);4H,3H2,1-2H3/b36-25+;. The summed E-state index contributed by atoms with van der Waals surface area (Å²) in [6.07, 6.45) is 4.37. The van der Waals surface area contributed by atoms with E-state index >= 15 is 0 Å². The van der Waals surface area contributed by atoms with E-state index in [1.54, 1.807) is 23.4 Å². The van der Waals surface area contributed by atoms with Crippen molar-refractivity contribution in [3.05, 3.63) is 136 Å². The summed E-state index contributed by atoms with van der Waals surface area (Å²) in [5.41, 5.74) is 6.18. The number of hydrogen-bond donors (Lipinski definition) is 3. The minimum Gasteiger partial charge on any atom is -0.351 e. The number of nitrogens with one attached hydrogen (secondary N) is 3. The summed E-state index contributed by atoms with van der Waals surface area (Å²) in [5.74, 6) is 0.317. The quantitative estimate of drug-likeness (QED) is 0.117. The van der Waals surface area contributed by atoms with E-state index in [-0.39, 0.29) is 11.9 Å². The van der Waals surface area contributed by atoms with Gasteiger partial charge >= 0.3 is 0 Å². The largest absolute Gasteiger partial charge is 0.351 e. The average molecular weight is 739 g/mol. The molecule has 1 unspecified atom stereocenters. The van der Waals surface area contributed by atoms with Crippen LogP contribution in [0.5, 0.6) is 0 Å². The number of nitrogens with zero attached hydrogens (tertiary/aromatic N) is 4. The van der Waals surface area contributed by atoms with E-state index in [9.17, 15) is 9.59 Å². The van der Waals surface area contributed by atoms with E-state index in [4.69, 9.17) is 23.2 Å². The fraction of sp³-hybridized carbons (Fsp3) is 0.244. The van der Waals surface area contributed by atoms with Gasteiger partial charge in [-0.1, -0.05) is 85.2 Å². The Hall–Kier alpha value is -5.09. The van der Waals surface area contributed by atoms with Gasteiger partial charge < -0.3 is 30.3 Å². The van der Waals surface area contributed by atoms with E-state index in [1.165, 1.54) is 0 Å². The van der Waals surface area contributed by atoms with Crippen LogP contribution < -0.4 is 15.5 Å². The summed E-state index contributed by atoms with van der Waals surface area (Å²) in [6, 6.07) is 26.9. The predicted octanol–water partition coefficient (Wildman–Crippen LogP) is 8.72. The van der Waals surface area contributed by atoms with Gasteiger partial charge in [0.05, 0.1) is 17.4 Å². The van der Waals surface area contributed by atoms with Crippen LogP contribution in [0.3, 0.4) is 0 Å². The van der Waals surface area contributed by atoms with Gasteiger partial charge in [0.25, 0.3) is 5.91 Å². The molecule has 0 bridgehead atoms. The number of rotatable bonds is 11. The van der Waals surface area contributed by atoms with Gasteiger partial charge in [0.15, 0.2) is 5.82 Å². The first-order chi connectivity index (χ1) is 25.2. The second kappa shape index (κ2) is 17.9. The van der Waals surface area contributed by atoms with E-state index in [1.807, 2.05) is 73.8 Å². The molecule has 0 spiro atoms. The highest BCUT2D eigenvalue weighted by atomic mass is 35.5. The molecule has 9 nitrogen and oxygen atoms in total. The molecule has 0 saturated carbocycles. The fourth-order valence-corrected chi connectivity index (χ4v) is 6.53. The van der Waals surface area contributed by atoms with Gasteiger partial charge in [-0.3, -0.25) is 9.59 Å². The molecule has 1 aliphatic heterocycles.